The molecule has 0 radical (unpaired) electrons. The van der Waals surface area contributed by atoms with Crippen molar-refractivity contribution in [1.82, 2.24) is 4.90 Å². The molecule has 0 bridgehead atoms. The molecule has 0 aliphatic heterocycles. The summed E-state index contributed by atoms with van der Waals surface area (Å²) in [6.07, 6.45) is 20.5. The molecule has 1 aromatic rings. The Morgan fingerprint density at radius 2 is 1.08 bits per heavy atom. The van der Waals surface area contributed by atoms with E-state index in [-0.39, 0.29) is 34.9 Å². The van der Waals surface area contributed by atoms with Crippen molar-refractivity contribution < 1.29 is 14.7 Å². The Labute approximate surface area is 238 Å². The number of nitrogens with two attached hydrogens (primary N) is 3. The maximum absolute atomic E-state index is 13.4. The van der Waals surface area contributed by atoms with E-state index in [0.29, 0.717) is 13.1 Å². The van der Waals surface area contributed by atoms with Gasteiger partial charge in [0, 0.05) is 36.3 Å². The molecular weight excluding hydrogens is 488 g/mol. The standard InChI is InChI=1S/C32H58N4O3/c1-3-5-7-9-11-13-17-28(33)19-15-21-36(22-16-20-29(34)18-14-12-10-8-6-4-2)32(39)27-23-26(31(35)38)24-30(37)25-27/h23-25,28-29,37H,3-22,33-34H2,1-2H3,(H2,35,38). The summed E-state index contributed by atoms with van der Waals surface area (Å²) in [5.74, 6) is -1.02. The summed E-state index contributed by atoms with van der Waals surface area (Å²) in [7, 11) is 0. The van der Waals surface area contributed by atoms with Gasteiger partial charge in [-0.25, -0.2) is 0 Å². The Bertz CT molecular complexity index is 774. The average molecular weight is 547 g/mol. The van der Waals surface area contributed by atoms with E-state index in [9.17, 15) is 14.7 Å². The summed E-state index contributed by atoms with van der Waals surface area (Å²) in [6, 6.07) is 4.43. The number of rotatable bonds is 24. The number of primary amides is 1. The zero-order chi connectivity index (χ0) is 28.9. The molecule has 0 spiro atoms. The average Bonchev–Trinajstić information content (AvgIpc) is 2.91. The highest BCUT2D eigenvalue weighted by Gasteiger charge is 2.19. The minimum absolute atomic E-state index is 0.125. The van der Waals surface area contributed by atoms with Crippen LogP contribution in [-0.2, 0) is 0 Å². The minimum Gasteiger partial charge on any atom is -0.508 e. The summed E-state index contributed by atoms with van der Waals surface area (Å²) < 4.78 is 0. The van der Waals surface area contributed by atoms with E-state index < -0.39 is 5.91 Å². The third-order valence-corrected chi connectivity index (χ3v) is 7.60. The van der Waals surface area contributed by atoms with Crippen LogP contribution in [0.25, 0.3) is 0 Å². The first-order valence-electron chi connectivity index (χ1n) is 15.7. The van der Waals surface area contributed by atoms with Crippen molar-refractivity contribution in [2.75, 3.05) is 13.1 Å². The molecule has 2 amide bonds. The number of unbranched alkanes of at least 4 members (excludes halogenated alkanes) is 10. The molecular formula is C32H58N4O3. The van der Waals surface area contributed by atoms with E-state index in [1.165, 1.54) is 82.4 Å². The topological polar surface area (TPSA) is 136 Å². The molecule has 39 heavy (non-hydrogen) atoms. The molecule has 2 atom stereocenters. The van der Waals surface area contributed by atoms with Gasteiger partial charge in [0.25, 0.3) is 5.91 Å². The summed E-state index contributed by atoms with van der Waals surface area (Å²) >= 11 is 0. The SMILES string of the molecule is CCCCCCCCC(N)CCCN(CCCC(N)CCCCCCCC)C(=O)c1cc(O)cc(C(N)=O)c1. The van der Waals surface area contributed by atoms with E-state index in [1.807, 2.05) is 4.90 Å². The summed E-state index contributed by atoms with van der Waals surface area (Å²) in [5.41, 5.74) is 18.6. The van der Waals surface area contributed by atoms with Gasteiger partial charge in [-0.3, -0.25) is 9.59 Å². The zero-order valence-electron chi connectivity index (χ0n) is 25.0. The van der Waals surface area contributed by atoms with Crippen LogP contribution in [0, 0.1) is 0 Å². The highest BCUT2D eigenvalue weighted by atomic mass is 16.3. The third kappa shape index (κ3) is 16.6. The molecule has 0 saturated heterocycles. The van der Waals surface area contributed by atoms with Crippen LogP contribution >= 0.6 is 0 Å². The van der Waals surface area contributed by atoms with Gasteiger partial charge in [0.2, 0.25) is 5.91 Å². The molecule has 0 saturated carbocycles. The maximum atomic E-state index is 13.4. The van der Waals surface area contributed by atoms with Gasteiger partial charge >= 0.3 is 0 Å². The Hall–Kier alpha value is -2.12. The van der Waals surface area contributed by atoms with Crippen molar-refractivity contribution in [2.24, 2.45) is 17.2 Å². The van der Waals surface area contributed by atoms with Crippen LogP contribution < -0.4 is 17.2 Å². The molecule has 0 aliphatic carbocycles. The Balaban J connectivity index is 2.61. The fourth-order valence-corrected chi connectivity index (χ4v) is 5.13. The first kappa shape index (κ1) is 34.9. The van der Waals surface area contributed by atoms with Crippen LogP contribution in [0.15, 0.2) is 18.2 Å². The molecule has 0 aliphatic rings. The van der Waals surface area contributed by atoms with Crippen molar-refractivity contribution in [3.63, 3.8) is 0 Å². The summed E-state index contributed by atoms with van der Waals surface area (Å²) in [6.45, 7) is 5.62. The van der Waals surface area contributed by atoms with E-state index in [1.54, 1.807) is 0 Å². The number of aromatic hydroxyl groups is 1. The number of hydrogen-bond donors (Lipinski definition) is 4. The molecule has 7 heteroatoms. The van der Waals surface area contributed by atoms with E-state index >= 15 is 0 Å². The Kier molecular flexibility index (Phi) is 19.4. The Morgan fingerprint density at radius 1 is 0.667 bits per heavy atom. The van der Waals surface area contributed by atoms with E-state index in [2.05, 4.69) is 13.8 Å². The van der Waals surface area contributed by atoms with Gasteiger partial charge in [-0.15, -0.1) is 0 Å². The van der Waals surface area contributed by atoms with E-state index in [0.717, 1.165) is 51.4 Å². The lowest BCUT2D eigenvalue weighted by Gasteiger charge is -2.25. The predicted molar refractivity (Wildman–Crippen MR) is 163 cm³/mol. The van der Waals surface area contributed by atoms with Crippen molar-refractivity contribution in [3.8, 4) is 5.75 Å². The van der Waals surface area contributed by atoms with Crippen LogP contribution in [-0.4, -0.2) is 47.0 Å². The fourth-order valence-electron chi connectivity index (χ4n) is 5.13. The third-order valence-electron chi connectivity index (χ3n) is 7.60. The van der Waals surface area contributed by atoms with Gasteiger partial charge in [0.1, 0.15) is 5.75 Å². The molecule has 0 aromatic heterocycles. The highest BCUT2D eigenvalue weighted by molar-refractivity contribution is 5.99. The van der Waals surface area contributed by atoms with Crippen LogP contribution in [0.3, 0.4) is 0 Å². The van der Waals surface area contributed by atoms with Gasteiger partial charge in [0.15, 0.2) is 0 Å². The largest absolute Gasteiger partial charge is 0.508 e. The normalized spacial score (nSPS) is 12.8. The van der Waals surface area contributed by atoms with Crippen molar-refractivity contribution >= 4 is 11.8 Å². The molecule has 7 nitrogen and oxygen atoms in total. The van der Waals surface area contributed by atoms with Crippen molar-refractivity contribution in [1.29, 1.82) is 0 Å². The molecule has 2 unspecified atom stereocenters. The van der Waals surface area contributed by atoms with E-state index in [4.69, 9.17) is 17.2 Å². The molecule has 1 aromatic carbocycles. The number of nitrogens with zero attached hydrogens (tertiary/aromatic N) is 1. The lowest BCUT2D eigenvalue weighted by atomic mass is 10.0. The lowest BCUT2D eigenvalue weighted by Crippen LogP contribution is -2.35. The first-order chi connectivity index (χ1) is 18.8. The highest BCUT2D eigenvalue weighted by Crippen LogP contribution is 2.19. The molecule has 7 N–H and O–H groups in total. The van der Waals surface area contributed by atoms with Gasteiger partial charge < -0.3 is 27.2 Å². The van der Waals surface area contributed by atoms with Crippen molar-refractivity contribution in [2.45, 2.75) is 142 Å². The second-order valence-corrected chi connectivity index (χ2v) is 11.3. The number of amides is 2. The van der Waals surface area contributed by atoms with Crippen LogP contribution in [0.5, 0.6) is 5.75 Å². The smallest absolute Gasteiger partial charge is 0.254 e. The molecule has 0 fully saturated rings. The first-order valence-corrected chi connectivity index (χ1v) is 15.7. The predicted octanol–water partition coefficient (Wildman–Crippen LogP) is 6.65. The van der Waals surface area contributed by atoms with Gasteiger partial charge in [0.05, 0.1) is 0 Å². The van der Waals surface area contributed by atoms with Gasteiger partial charge in [-0.2, -0.15) is 0 Å². The number of phenols is 1. The van der Waals surface area contributed by atoms with Crippen LogP contribution in [0.2, 0.25) is 0 Å². The number of carbonyl (C=O) groups excluding carboxylic acids is 2. The Morgan fingerprint density at radius 3 is 1.54 bits per heavy atom. The monoisotopic (exact) mass is 546 g/mol. The second kappa shape index (κ2) is 21.7. The molecule has 224 valence electrons. The van der Waals surface area contributed by atoms with Crippen LogP contribution in [0.1, 0.15) is 150 Å². The fraction of sp³-hybridized carbons (Fsp3) is 0.750. The number of phenolic OH excluding ortho intramolecular Hbond substituents is 1. The van der Waals surface area contributed by atoms with Gasteiger partial charge in [-0.1, -0.05) is 90.9 Å². The maximum Gasteiger partial charge on any atom is 0.254 e. The quantitative estimate of drug-likeness (QED) is 0.108. The number of hydrogen-bond acceptors (Lipinski definition) is 5. The minimum atomic E-state index is -0.673. The molecule has 0 heterocycles. The molecule has 1 rings (SSSR count). The number of carbonyl (C=O) groups is 2. The summed E-state index contributed by atoms with van der Waals surface area (Å²) in [5, 5.41) is 10.1. The van der Waals surface area contributed by atoms with Crippen molar-refractivity contribution in [3.05, 3.63) is 29.3 Å². The lowest BCUT2D eigenvalue weighted by molar-refractivity contribution is 0.0747. The van der Waals surface area contributed by atoms with Gasteiger partial charge in [-0.05, 0) is 56.7 Å². The zero-order valence-corrected chi connectivity index (χ0v) is 25.0. The second-order valence-electron chi connectivity index (χ2n) is 11.3. The summed E-state index contributed by atoms with van der Waals surface area (Å²) in [4.78, 5) is 26.9. The van der Waals surface area contributed by atoms with Crippen LogP contribution in [0.4, 0.5) is 0 Å². The number of benzene rings is 1.